The lowest BCUT2D eigenvalue weighted by molar-refractivity contribution is 0.242. The van der Waals surface area contributed by atoms with Crippen LogP contribution in [0, 0.1) is 0 Å². The molecule has 4 heteroatoms. The van der Waals surface area contributed by atoms with E-state index < -0.39 is 0 Å². The van der Waals surface area contributed by atoms with Crippen molar-refractivity contribution in [1.82, 2.24) is 15.5 Å². The average Bonchev–Trinajstić information content (AvgIpc) is 2.78. The van der Waals surface area contributed by atoms with E-state index in [9.17, 15) is 0 Å². The molecule has 0 radical (unpaired) electrons. The van der Waals surface area contributed by atoms with E-state index in [0.717, 1.165) is 29.2 Å². The van der Waals surface area contributed by atoms with Crippen molar-refractivity contribution in [3.05, 3.63) is 36.0 Å². The molecule has 2 N–H and O–H groups in total. The maximum Gasteiger partial charge on any atom is 0.119 e. The number of hydrogen-bond donors (Lipinski definition) is 2. The summed E-state index contributed by atoms with van der Waals surface area (Å²) in [7, 11) is 1.92. The lowest BCUT2D eigenvalue weighted by Gasteiger charge is -2.09. The number of aromatic nitrogens is 2. The topological polar surface area (TPSA) is 49.9 Å². The summed E-state index contributed by atoms with van der Waals surface area (Å²) in [6, 6.07) is 10.0. The minimum Gasteiger partial charge on any atom is -0.491 e. The third-order valence-corrected chi connectivity index (χ3v) is 2.52. The van der Waals surface area contributed by atoms with Gasteiger partial charge in [-0.1, -0.05) is 0 Å². The molecule has 0 saturated carbocycles. The number of benzene rings is 1. The molecular formula is C14H19N3O. The van der Waals surface area contributed by atoms with Gasteiger partial charge in [0.1, 0.15) is 5.75 Å². The van der Waals surface area contributed by atoms with Crippen LogP contribution in [-0.2, 0) is 6.54 Å². The van der Waals surface area contributed by atoms with Crippen LogP contribution in [0.2, 0.25) is 0 Å². The first-order valence-electron chi connectivity index (χ1n) is 6.15. The van der Waals surface area contributed by atoms with Crippen molar-refractivity contribution in [3.8, 4) is 17.0 Å². The molecule has 0 atom stereocenters. The predicted molar refractivity (Wildman–Crippen MR) is 72.6 cm³/mol. The van der Waals surface area contributed by atoms with Crippen LogP contribution < -0.4 is 10.1 Å². The Morgan fingerprint density at radius 2 is 2.00 bits per heavy atom. The Balaban J connectivity index is 2.12. The van der Waals surface area contributed by atoms with Gasteiger partial charge < -0.3 is 10.1 Å². The van der Waals surface area contributed by atoms with E-state index in [0.29, 0.717) is 0 Å². The number of hydrogen-bond acceptors (Lipinski definition) is 3. The van der Waals surface area contributed by atoms with Crippen molar-refractivity contribution < 1.29 is 4.74 Å². The predicted octanol–water partition coefficient (Wildman–Crippen LogP) is 2.58. The Kier molecular flexibility index (Phi) is 3.99. The number of rotatable bonds is 5. The molecule has 1 aromatic heterocycles. The van der Waals surface area contributed by atoms with E-state index in [1.165, 1.54) is 0 Å². The Labute approximate surface area is 107 Å². The molecule has 0 aliphatic heterocycles. The first-order chi connectivity index (χ1) is 8.69. The summed E-state index contributed by atoms with van der Waals surface area (Å²) in [5.41, 5.74) is 3.12. The van der Waals surface area contributed by atoms with E-state index in [1.54, 1.807) is 0 Å². The highest BCUT2D eigenvalue weighted by molar-refractivity contribution is 5.60. The normalized spacial score (nSPS) is 10.9. The molecule has 96 valence electrons. The first kappa shape index (κ1) is 12.6. The molecule has 0 aliphatic carbocycles. The monoisotopic (exact) mass is 245 g/mol. The van der Waals surface area contributed by atoms with Crippen molar-refractivity contribution in [1.29, 1.82) is 0 Å². The van der Waals surface area contributed by atoms with Crippen LogP contribution in [0.3, 0.4) is 0 Å². The van der Waals surface area contributed by atoms with Gasteiger partial charge in [-0.25, -0.2) is 0 Å². The van der Waals surface area contributed by atoms with Gasteiger partial charge in [-0.2, -0.15) is 5.10 Å². The minimum absolute atomic E-state index is 0.198. The van der Waals surface area contributed by atoms with Gasteiger partial charge in [0.15, 0.2) is 0 Å². The molecule has 0 amide bonds. The molecule has 0 unspecified atom stereocenters. The summed E-state index contributed by atoms with van der Waals surface area (Å²) in [5, 5.41) is 10.4. The van der Waals surface area contributed by atoms with Gasteiger partial charge in [0.25, 0.3) is 0 Å². The van der Waals surface area contributed by atoms with Gasteiger partial charge in [-0.05, 0) is 51.2 Å². The Bertz CT molecular complexity index is 488. The number of aromatic amines is 1. The molecule has 2 rings (SSSR count). The summed E-state index contributed by atoms with van der Waals surface area (Å²) in [6.07, 6.45) is 0.198. The van der Waals surface area contributed by atoms with Crippen molar-refractivity contribution in [2.45, 2.75) is 26.5 Å². The third kappa shape index (κ3) is 3.11. The summed E-state index contributed by atoms with van der Waals surface area (Å²) < 4.78 is 5.61. The van der Waals surface area contributed by atoms with Crippen molar-refractivity contribution in [3.63, 3.8) is 0 Å². The zero-order valence-electron chi connectivity index (χ0n) is 11.0. The molecule has 0 bridgehead atoms. The molecule has 1 aromatic carbocycles. The first-order valence-corrected chi connectivity index (χ1v) is 6.15. The van der Waals surface area contributed by atoms with E-state index in [1.807, 2.05) is 45.2 Å². The van der Waals surface area contributed by atoms with Gasteiger partial charge in [0, 0.05) is 17.8 Å². The lowest BCUT2D eigenvalue weighted by atomic mass is 10.1. The standard InChI is InChI=1S/C14H19N3O/c1-10(2)18-13-6-4-11(5-7-13)14-8-12(9-15-3)16-17-14/h4-8,10,15H,9H2,1-3H3,(H,16,17). The highest BCUT2D eigenvalue weighted by atomic mass is 16.5. The van der Waals surface area contributed by atoms with Crippen LogP contribution in [0.4, 0.5) is 0 Å². The molecule has 4 nitrogen and oxygen atoms in total. The van der Waals surface area contributed by atoms with Crippen molar-refractivity contribution in [2.75, 3.05) is 7.05 Å². The van der Waals surface area contributed by atoms with E-state index in [-0.39, 0.29) is 6.10 Å². The second-order valence-electron chi connectivity index (χ2n) is 4.50. The zero-order chi connectivity index (χ0) is 13.0. The second kappa shape index (κ2) is 5.69. The molecule has 0 aliphatic rings. The fraction of sp³-hybridized carbons (Fsp3) is 0.357. The van der Waals surface area contributed by atoms with Crippen LogP contribution in [0.25, 0.3) is 11.3 Å². The lowest BCUT2D eigenvalue weighted by Crippen LogP contribution is -2.05. The van der Waals surface area contributed by atoms with Crippen LogP contribution in [-0.4, -0.2) is 23.3 Å². The largest absolute Gasteiger partial charge is 0.491 e. The molecule has 2 aromatic rings. The summed E-state index contributed by atoms with van der Waals surface area (Å²) in [4.78, 5) is 0. The molecule has 0 saturated heterocycles. The zero-order valence-corrected chi connectivity index (χ0v) is 11.0. The van der Waals surface area contributed by atoms with E-state index in [2.05, 4.69) is 21.6 Å². The van der Waals surface area contributed by atoms with Gasteiger partial charge >= 0.3 is 0 Å². The Morgan fingerprint density at radius 3 is 2.61 bits per heavy atom. The van der Waals surface area contributed by atoms with Crippen LogP contribution in [0.15, 0.2) is 30.3 Å². The smallest absolute Gasteiger partial charge is 0.119 e. The fourth-order valence-electron chi connectivity index (χ4n) is 1.77. The van der Waals surface area contributed by atoms with Crippen LogP contribution in [0.5, 0.6) is 5.75 Å². The van der Waals surface area contributed by atoms with Gasteiger partial charge in [0.05, 0.1) is 11.8 Å². The van der Waals surface area contributed by atoms with E-state index in [4.69, 9.17) is 4.74 Å². The Morgan fingerprint density at radius 1 is 1.28 bits per heavy atom. The number of nitrogens with zero attached hydrogens (tertiary/aromatic N) is 1. The summed E-state index contributed by atoms with van der Waals surface area (Å²) in [6.45, 7) is 4.83. The third-order valence-electron chi connectivity index (χ3n) is 2.52. The summed E-state index contributed by atoms with van der Waals surface area (Å²) in [5.74, 6) is 0.889. The van der Waals surface area contributed by atoms with E-state index >= 15 is 0 Å². The summed E-state index contributed by atoms with van der Waals surface area (Å²) >= 11 is 0. The minimum atomic E-state index is 0.198. The van der Waals surface area contributed by atoms with Gasteiger partial charge in [-0.3, -0.25) is 5.10 Å². The van der Waals surface area contributed by atoms with Crippen LogP contribution in [0.1, 0.15) is 19.5 Å². The maximum atomic E-state index is 5.61. The maximum absolute atomic E-state index is 5.61. The fourth-order valence-corrected chi connectivity index (χ4v) is 1.77. The molecule has 18 heavy (non-hydrogen) atoms. The quantitative estimate of drug-likeness (QED) is 0.851. The highest BCUT2D eigenvalue weighted by Crippen LogP contribution is 2.21. The van der Waals surface area contributed by atoms with Crippen molar-refractivity contribution in [2.24, 2.45) is 0 Å². The van der Waals surface area contributed by atoms with Gasteiger partial charge in [-0.15, -0.1) is 0 Å². The second-order valence-corrected chi connectivity index (χ2v) is 4.50. The molecule has 1 heterocycles. The molecule has 0 spiro atoms. The highest BCUT2D eigenvalue weighted by Gasteiger charge is 2.04. The number of ether oxygens (including phenoxy) is 1. The number of H-pyrrole nitrogens is 1. The average molecular weight is 245 g/mol. The SMILES string of the molecule is CNCc1cc(-c2ccc(OC(C)C)cc2)n[nH]1. The molecule has 0 fully saturated rings. The van der Waals surface area contributed by atoms with Crippen molar-refractivity contribution >= 4 is 0 Å². The van der Waals surface area contributed by atoms with Crippen LogP contribution >= 0.6 is 0 Å². The Hall–Kier alpha value is -1.81. The molecular weight excluding hydrogens is 226 g/mol. The number of nitrogens with one attached hydrogen (secondary N) is 2. The van der Waals surface area contributed by atoms with Gasteiger partial charge in [0.2, 0.25) is 0 Å².